The van der Waals surface area contributed by atoms with Gasteiger partial charge < -0.3 is 14.3 Å². The van der Waals surface area contributed by atoms with E-state index < -0.39 is 5.97 Å². The van der Waals surface area contributed by atoms with Crippen molar-refractivity contribution in [2.75, 3.05) is 7.11 Å². The smallest absolute Gasteiger partial charge is 0.335 e. The number of hydrogen-bond donors (Lipinski definition) is 1. The lowest BCUT2D eigenvalue weighted by molar-refractivity contribution is 0.0696. The van der Waals surface area contributed by atoms with E-state index in [9.17, 15) is 9.90 Å². The molecular weight excluding hydrogens is 244 g/mol. The Hall–Kier alpha value is -2.23. The van der Waals surface area contributed by atoms with Crippen LogP contribution in [0.25, 0.3) is 0 Å². The SMILES string of the molecule is CCc1ccc(Cc2cc(OC)ccc2C(=O)O)o1. The number of carboxylic acids is 1. The summed E-state index contributed by atoms with van der Waals surface area (Å²) in [5, 5.41) is 9.19. The summed E-state index contributed by atoms with van der Waals surface area (Å²) in [6.45, 7) is 2.01. The number of methoxy groups -OCH3 is 1. The van der Waals surface area contributed by atoms with Crippen LogP contribution < -0.4 is 4.74 Å². The van der Waals surface area contributed by atoms with Gasteiger partial charge in [0, 0.05) is 12.8 Å². The number of ether oxygens (including phenoxy) is 1. The second-order valence-electron chi connectivity index (χ2n) is 4.23. The van der Waals surface area contributed by atoms with E-state index in [1.54, 1.807) is 25.3 Å². The number of benzene rings is 1. The fraction of sp³-hybridized carbons (Fsp3) is 0.267. The van der Waals surface area contributed by atoms with Crippen LogP contribution in [0.4, 0.5) is 0 Å². The summed E-state index contributed by atoms with van der Waals surface area (Å²) in [6.07, 6.45) is 1.27. The summed E-state index contributed by atoms with van der Waals surface area (Å²) in [5.74, 6) is 1.35. The Morgan fingerprint density at radius 3 is 2.58 bits per heavy atom. The minimum Gasteiger partial charge on any atom is -0.497 e. The van der Waals surface area contributed by atoms with Gasteiger partial charge >= 0.3 is 5.97 Å². The molecule has 0 saturated carbocycles. The monoisotopic (exact) mass is 260 g/mol. The first-order chi connectivity index (χ1) is 9.13. The van der Waals surface area contributed by atoms with Crippen molar-refractivity contribution in [3.63, 3.8) is 0 Å². The van der Waals surface area contributed by atoms with Crippen LogP contribution in [0.2, 0.25) is 0 Å². The van der Waals surface area contributed by atoms with Crippen LogP contribution in [0.15, 0.2) is 34.7 Å². The fourth-order valence-corrected chi connectivity index (χ4v) is 1.95. The Balaban J connectivity index is 2.33. The largest absolute Gasteiger partial charge is 0.497 e. The molecule has 1 N–H and O–H groups in total. The van der Waals surface area contributed by atoms with E-state index in [1.165, 1.54) is 0 Å². The normalized spacial score (nSPS) is 10.4. The van der Waals surface area contributed by atoms with Crippen LogP contribution in [0, 0.1) is 0 Å². The standard InChI is InChI=1S/C15H16O4/c1-3-11-4-5-13(19-11)9-10-8-12(18-2)6-7-14(10)15(16)17/h4-8H,3,9H2,1-2H3,(H,16,17). The molecular formula is C15H16O4. The number of aromatic carboxylic acids is 1. The van der Waals surface area contributed by atoms with E-state index in [0.717, 1.165) is 17.9 Å². The molecule has 2 rings (SSSR count). The second kappa shape index (κ2) is 5.61. The van der Waals surface area contributed by atoms with Gasteiger partial charge in [0.2, 0.25) is 0 Å². The topological polar surface area (TPSA) is 59.7 Å². The molecule has 0 atom stereocenters. The van der Waals surface area contributed by atoms with Gasteiger partial charge in [-0.15, -0.1) is 0 Å². The highest BCUT2D eigenvalue weighted by molar-refractivity contribution is 5.89. The molecule has 0 aliphatic heterocycles. The highest BCUT2D eigenvalue weighted by atomic mass is 16.5. The molecule has 0 radical (unpaired) electrons. The van der Waals surface area contributed by atoms with Crippen molar-refractivity contribution in [1.29, 1.82) is 0 Å². The molecule has 19 heavy (non-hydrogen) atoms. The van der Waals surface area contributed by atoms with Crippen molar-refractivity contribution in [2.45, 2.75) is 19.8 Å². The Bertz CT molecular complexity index is 584. The molecule has 0 aliphatic rings. The predicted molar refractivity (Wildman–Crippen MR) is 70.8 cm³/mol. The molecule has 1 heterocycles. The predicted octanol–water partition coefficient (Wildman–Crippen LogP) is 3.14. The van der Waals surface area contributed by atoms with Gasteiger partial charge in [0.15, 0.2) is 0 Å². The summed E-state index contributed by atoms with van der Waals surface area (Å²) >= 11 is 0. The lowest BCUT2D eigenvalue weighted by atomic mass is 10.0. The van der Waals surface area contributed by atoms with Crippen molar-refractivity contribution in [3.05, 3.63) is 53.0 Å². The summed E-state index contributed by atoms with van der Waals surface area (Å²) in [6, 6.07) is 8.73. The summed E-state index contributed by atoms with van der Waals surface area (Å²) in [4.78, 5) is 11.2. The second-order valence-corrected chi connectivity index (χ2v) is 4.23. The number of carboxylic acid groups (broad SMARTS) is 1. The Labute approximate surface area is 111 Å². The highest BCUT2D eigenvalue weighted by Gasteiger charge is 2.13. The molecule has 1 aromatic heterocycles. The van der Waals surface area contributed by atoms with Crippen molar-refractivity contribution in [1.82, 2.24) is 0 Å². The number of furan rings is 1. The summed E-state index contributed by atoms with van der Waals surface area (Å²) < 4.78 is 10.7. The average molecular weight is 260 g/mol. The lowest BCUT2D eigenvalue weighted by Crippen LogP contribution is -2.03. The lowest BCUT2D eigenvalue weighted by Gasteiger charge is -2.07. The first-order valence-corrected chi connectivity index (χ1v) is 6.11. The van der Waals surface area contributed by atoms with Crippen molar-refractivity contribution in [2.24, 2.45) is 0 Å². The highest BCUT2D eigenvalue weighted by Crippen LogP contribution is 2.22. The maximum atomic E-state index is 11.2. The maximum Gasteiger partial charge on any atom is 0.335 e. The van der Waals surface area contributed by atoms with E-state index in [-0.39, 0.29) is 5.56 Å². The molecule has 4 heteroatoms. The Morgan fingerprint density at radius 1 is 1.26 bits per heavy atom. The van der Waals surface area contributed by atoms with Crippen LogP contribution in [0.5, 0.6) is 5.75 Å². The summed E-state index contributed by atoms with van der Waals surface area (Å²) in [5.41, 5.74) is 0.958. The minimum atomic E-state index is -0.945. The van der Waals surface area contributed by atoms with Gasteiger partial charge in [-0.25, -0.2) is 4.79 Å². The van der Waals surface area contributed by atoms with Gasteiger partial charge in [0.25, 0.3) is 0 Å². The zero-order valence-electron chi connectivity index (χ0n) is 11.0. The molecule has 1 aromatic carbocycles. The number of hydrogen-bond acceptors (Lipinski definition) is 3. The zero-order valence-corrected chi connectivity index (χ0v) is 11.0. The Morgan fingerprint density at radius 2 is 2.00 bits per heavy atom. The number of aryl methyl sites for hydroxylation is 1. The summed E-state index contributed by atoms with van der Waals surface area (Å²) in [7, 11) is 1.56. The third-order valence-electron chi connectivity index (χ3n) is 2.97. The van der Waals surface area contributed by atoms with Gasteiger partial charge in [-0.05, 0) is 35.9 Å². The molecule has 0 spiro atoms. The maximum absolute atomic E-state index is 11.2. The number of rotatable bonds is 5. The van der Waals surface area contributed by atoms with Crippen molar-refractivity contribution in [3.8, 4) is 5.75 Å². The third-order valence-corrected chi connectivity index (χ3v) is 2.97. The molecule has 0 aliphatic carbocycles. The van der Waals surface area contributed by atoms with E-state index in [1.807, 2.05) is 19.1 Å². The molecule has 0 unspecified atom stereocenters. The van der Waals surface area contributed by atoms with Gasteiger partial charge in [0.1, 0.15) is 17.3 Å². The first-order valence-electron chi connectivity index (χ1n) is 6.11. The minimum absolute atomic E-state index is 0.273. The molecule has 0 bridgehead atoms. The zero-order chi connectivity index (χ0) is 13.8. The average Bonchev–Trinajstić information content (AvgIpc) is 2.86. The molecule has 0 fully saturated rings. The Kier molecular flexibility index (Phi) is 3.90. The molecule has 0 saturated heterocycles. The third kappa shape index (κ3) is 2.96. The van der Waals surface area contributed by atoms with Crippen molar-refractivity contribution >= 4 is 5.97 Å². The first kappa shape index (κ1) is 13.2. The number of carbonyl (C=O) groups is 1. The van der Waals surface area contributed by atoms with Crippen molar-refractivity contribution < 1.29 is 19.1 Å². The van der Waals surface area contributed by atoms with E-state index >= 15 is 0 Å². The van der Waals surface area contributed by atoms with Crippen LogP contribution in [0.3, 0.4) is 0 Å². The quantitative estimate of drug-likeness (QED) is 0.897. The molecule has 100 valence electrons. The molecule has 4 nitrogen and oxygen atoms in total. The van der Waals surface area contributed by atoms with Gasteiger partial charge in [-0.3, -0.25) is 0 Å². The van der Waals surface area contributed by atoms with Crippen LogP contribution in [-0.2, 0) is 12.8 Å². The molecule has 0 amide bonds. The van der Waals surface area contributed by atoms with Crippen LogP contribution in [0.1, 0.15) is 34.4 Å². The van der Waals surface area contributed by atoms with Gasteiger partial charge in [0.05, 0.1) is 12.7 Å². The van der Waals surface area contributed by atoms with Crippen LogP contribution in [-0.4, -0.2) is 18.2 Å². The van der Waals surface area contributed by atoms with Gasteiger partial charge in [-0.2, -0.15) is 0 Å². The fourth-order valence-electron chi connectivity index (χ4n) is 1.95. The van der Waals surface area contributed by atoms with E-state index in [2.05, 4.69) is 0 Å². The molecule has 2 aromatic rings. The van der Waals surface area contributed by atoms with E-state index in [4.69, 9.17) is 9.15 Å². The van der Waals surface area contributed by atoms with Crippen LogP contribution >= 0.6 is 0 Å². The van der Waals surface area contributed by atoms with E-state index in [0.29, 0.717) is 17.7 Å². The van der Waals surface area contributed by atoms with Gasteiger partial charge in [-0.1, -0.05) is 6.92 Å².